The zero-order valence-corrected chi connectivity index (χ0v) is 11.2. The molecule has 0 saturated carbocycles. The van der Waals surface area contributed by atoms with Gasteiger partial charge in [-0.2, -0.15) is 0 Å². The molecular formula is C12H14ClF3N2O2. The smallest absolute Gasteiger partial charge is 0.227 e. The van der Waals surface area contributed by atoms with Crippen LogP contribution in [0.15, 0.2) is 12.1 Å². The lowest BCUT2D eigenvalue weighted by Crippen LogP contribution is -2.40. The number of ether oxygens (including phenoxy) is 1. The molecule has 1 heterocycles. The Morgan fingerprint density at radius 2 is 2.00 bits per heavy atom. The van der Waals surface area contributed by atoms with Crippen LogP contribution in [0.4, 0.5) is 18.9 Å². The van der Waals surface area contributed by atoms with E-state index < -0.39 is 23.4 Å². The van der Waals surface area contributed by atoms with Crippen molar-refractivity contribution in [2.24, 2.45) is 0 Å². The SMILES string of the molecule is Cl.O=C(CC1CNCCO1)Nc1cc(F)c(F)c(F)c1. The fraction of sp³-hybridized carbons (Fsp3) is 0.417. The summed E-state index contributed by atoms with van der Waals surface area (Å²) in [6, 6.07) is 1.46. The maximum atomic E-state index is 12.9. The molecule has 2 N–H and O–H groups in total. The zero-order chi connectivity index (χ0) is 13.8. The summed E-state index contributed by atoms with van der Waals surface area (Å²) in [5.41, 5.74) is -0.120. The molecule has 0 radical (unpaired) electrons. The van der Waals surface area contributed by atoms with Gasteiger partial charge < -0.3 is 15.4 Å². The first-order valence-corrected chi connectivity index (χ1v) is 5.83. The number of hydrogen-bond donors (Lipinski definition) is 2. The number of carbonyl (C=O) groups excluding carboxylic acids is 1. The van der Waals surface area contributed by atoms with E-state index in [2.05, 4.69) is 10.6 Å². The van der Waals surface area contributed by atoms with Crippen LogP contribution in [0, 0.1) is 17.5 Å². The van der Waals surface area contributed by atoms with Gasteiger partial charge in [0.15, 0.2) is 17.5 Å². The fourth-order valence-corrected chi connectivity index (χ4v) is 1.80. The molecular weight excluding hydrogens is 297 g/mol. The standard InChI is InChI=1S/C12H13F3N2O2.ClH/c13-9-3-7(4-10(14)12(9)15)17-11(18)5-8-6-16-1-2-19-8;/h3-4,8,16H,1-2,5-6H2,(H,17,18);1H. The molecule has 4 nitrogen and oxygen atoms in total. The Kier molecular flexibility index (Phi) is 6.25. The van der Waals surface area contributed by atoms with Gasteiger partial charge in [0.25, 0.3) is 0 Å². The van der Waals surface area contributed by atoms with Crippen molar-refractivity contribution in [3.8, 4) is 0 Å². The van der Waals surface area contributed by atoms with Crippen LogP contribution < -0.4 is 10.6 Å². The summed E-state index contributed by atoms with van der Waals surface area (Å²) in [6.07, 6.45) is -0.211. The quantitative estimate of drug-likeness (QED) is 0.838. The number of anilines is 1. The lowest BCUT2D eigenvalue weighted by molar-refractivity contribution is -0.119. The molecule has 1 unspecified atom stereocenters. The van der Waals surface area contributed by atoms with Gasteiger partial charge in [0, 0.05) is 30.9 Å². The minimum atomic E-state index is -1.56. The van der Waals surface area contributed by atoms with E-state index in [1.54, 1.807) is 0 Å². The van der Waals surface area contributed by atoms with Gasteiger partial charge in [-0.05, 0) is 0 Å². The highest BCUT2D eigenvalue weighted by Gasteiger charge is 2.18. The van der Waals surface area contributed by atoms with Crippen LogP contribution >= 0.6 is 12.4 Å². The van der Waals surface area contributed by atoms with Crippen LogP contribution in [-0.2, 0) is 9.53 Å². The molecule has 112 valence electrons. The van der Waals surface area contributed by atoms with E-state index in [1.807, 2.05) is 0 Å². The Bertz CT molecular complexity index is 459. The van der Waals surface area contributed by atoms with Gasteiger partial charge in [0.1, 0.15) is 0 Å². The molecule has 1 aliphatic heterocycles. The minimum absolute atomic E-state index is 0. The second-order valence-electron chi connectivity index (χ2n) is 4.20. The van der Waals surface area contributed by atoms with Gasteiger partial charge in [-0.1, -0.05) is 0 Å². The third-order valence-electron chi connectivity index (χ3n) is 2.69. The van der Waals surface area contributed by atoms with E-state index in [-0.39, 0.29) is 30.6 Å². The van der Waals surface area contributed by atoms with Gasteiger partial charge in [-0.3, -0.25) is 4.79 Å². The van der Waals surface area contributed by atoms with E-state index in [1.165, 1.54) is 0 Å². The molecule has 0 spiro atoms. The lowest BCUT2D eigenvalue weighted by atomic mass is 10.2. The lowest BCUT2D eigenvalue weighted by Gasteiger charge is -2.23. The van der Waals surface area contributed by atoms with Crippen LogP contribution in [0.1, 0.15) is 6.42 Å². The number of nitrogens with one attached hydrogen (secondary N) is 2. The Balaban J connectivity index is 0.00000200. The molecule has 1 fully saturated rings. The topological polar surface area (TPSA) is 50.4 Å². The van der Waals surface area contributed by atoms with Crippen molar-refractivity contribution in [1.82, 2.24) is 5.32 Å². The first-order valence-electron chi connectivity index (χ1n) is 5.83. The summed E-state index contributed by atoms with van der Waals surface area (Å²) < 4.78 is 43.9. The highest BCUT2D eigenvalue weighted by molar-refractivity contribution is 5.91. The Morgan fingerprint density at radius 3 is 2.55 bits per heavy atom. The molecule has 8 heteroatoms. The summed E-state index contributed by atoms with van der Waals surface area (Å²) in [5.74, 6) is -4.69. The maximum absolute atomic E-state index is 12.9. The van der Waals surface area contributed by atoms with E-state index in [4.69, 9.17) is 4.74 Å². The second-order valence-corrected chi connectivity index (χ2v) is 4.20. The van der Waals surface area contributed by atoms with Gasteiger partial charge in [0.05, 0.1) is 19.1 Å². The molecule has 0 bridgehead atoms. The first-order chi connectivity index (χ1) is 9.06. The number of rotatable bonds is 3. The van der Waals surface area contributed by atoms with Gasteiger partial charge in [-0.15, -0.1) is 12.4 Å². The molecule has 1 saturated heterocycles. The van der Waals surface area contributed by atoms with E-state index in [9.17, 15) is 18.0 Å². The highest BCUT2D eigenvalue weighted by Crippen LogP contribution is 2.17. The number of morpholine rings is 1. The fourth-order valence-electron chi connectivity index (χ4n) is 1.80. The number of halogens is 4. The Morgan fingerprint density at radius 1 is 1.35 bits per heavy atom. The highest BCUT2D eigenvalue weighted by atomic mass is 35.5. The van der Waals surface area contributed by atoms with Crippen molar-refractivity contribution in [3.05, 3.63) is 29.6 Å². The minimum Gasteiger partial charge on any atom is -0.375 e. The van der Waals surface area contributed by atoms with Gasteiger partial charge >= 0.3 is 0 Å². The van der Waals surface area contributed by atoms with Gasteiger partial charge in [0.2, 0.25) is 5.91 Å². The van der Waals surface area contributed by atoms with Crippen LogP contribution in [0.2, 0.25) is 0 Å². The number of carbonyl (C=O) groups is 1. The molecule has 1 atom stereocenters. The number of amides is 1. The van der Waals surface area contributed by atoms with Gasteiger partial charge in [-0.25, -0.2) is 13.2 Å². The molecule has 20 heavy (non-hydrogen) atoms. The van der Waals surface area contributed by atoms with E-state index in [0.29, 0.717) is 13.2 Å². The summed E-state index contributed by atoms with van der Waals surface area (Å²) in [7, 11) is 0. The van der Waals surface area contributed by atoms with Crippen molar-refractivity contribution < 1.29 is 22.7 Å². The normalized spacial score (nSPS) is 18.2. The Hall–Kier alpha value is -1.31. The van der Waals surface area contributed by atoms with Crippen LogP contribution in [0.5, 0.6) is 0 Å². The molecule has 1 aliphatic rings. The predicted molar refractivity (Wildman–Crippen MR) is 69.4 cm³/mol. The van der Waals surface area contributed by atoms with Crippen LogP contribution in [0.3, 0.4) is 0 Å². The third kappa shape index (κ3) is 4.36. The molecule has 1 aromatic carbocycles. The summed E-state index contributed by atoms with van der Waals surface area (Å²) in [5, 5.41) is 5.36. The third-order valence-corrected chi connectivity index (χ3v) is 2.69. The van der Waals surface area contributed by atoms with Crippen molar-refractivity contribution in [2.75, 3.05) is 25.0 Å². The molecule has 1 aromatic rings. The largest absolute Gasteiger partial charge is 0.375 e. The number of benzene rings is 1. The summed E-state index contributed by atoms with van der Waals surface area (Å²) in [6.45, 7) is 1.78. The molecule has 1 amide bonds. The summed E-state index contributed by atoms with van der Waals surface area (Å²) >= 11 is 0. The monoisotopic (exact) mass is 310 g/mol. The van der Waals surface area contributed by atoms with Crippen LogP contribution in [0.25, 0.3) is 0 Å². The van der Waals surface area contributed by atoms with Crippen LogP contribution in [-0.4, -0.2) is 31.7 Å². The average Bonchev–Trinajstić information content (AvgIpc) is 2.37. The number of hydrogen-bond acceptors (Lipinski definition) is 3. The Labute approximate surface area is 120 Å². The van der Waals surface area contributed by atoms with Crippen molar-refractivity contribution in [2.45, 2.75) is 12.5 Å². The average molecular weight is 311 g/mol. The zero-order valence-electron chi connectivity index (χ0n) is 10.4. The predicted octanol–water partition coefficient (Wildman–Crippen LogP) is 1.84. The molecule has 0 aliphatic carbocycles. The second kappa shape index (κ2) is 7.47. The first kappa shape index (κ1) is 16.7. The molecule has 2 rings (SSSR count). The van der Waals surface area contributed by atoms with E-state index in [0.717, 1.165) is 18.7 Å². The van der Waals surface area contributed by atoms with Crippen molar-refractivity contribution in [1.29, 1.82) is 0 Å². The van der Waals surface area contributed by atoms with Crippen molar-refractivity contribution >= 4 is 24.0 Å². The molecule has 0 aromatic heterocycles. The van der Waals surface area contributed by atoms with Crippen molar-refractivity contribution in [3.63, 3.8) is 0 Å². The maximum Gasteiger partial charge on any atom is 0.227 e. The summed E-state index contributed by atoms with van der Waals surface area (Å²) in [4.78, 5) is 11.6. The van der Waals surface area contributed by atoms with E-state index >= 15 is 0 Å².